The number of amides is 1. The number of likely N-dealkylation sites (tertiary alicyclic amines) is 1. The Kier molecular flexibility index (Phi) is 4.70. The van der Waals surface area contributed by atoms with E-state index in [4.69, 9.17) is 10.5 Å². The molecular formula is C15H25N3O2. The van der Waals surface area contributed by atoms with E-state index in [1.54, 1.807) is 13.2 Å². The minimum absolute atomic E-state index is 0.0891. The van der Waals surface area contributed by atoms with Crippen molar-refractivity contribution in [2.45, 2.75) is 32.7 Å². The molecule has 1 amide bonds. The summed E-state index contributed by atoms with van der Waals surface area (Å²) in [5.74, 6) is 0.664. The Hall–Kier alpha value is -1.49. The maximum Gasteiger partial charge on any atom is 0.270 e. The van der Waals surface area contributed by atoms with Crippen molar-refractivity contribution in [1.29, 1.82) is 0 Å². The number of piperidine rings is 1. The van der Waals surface area contributed by atoms with Crippen molar-refractivity contribution < 1.29 is 9.53 Å². The molecule has 5 nitrogen and oxygen atoms in total. The van der Waals surface area contributed by atoms with Crippen LogP contribution >= 0.6 is 0 Å². The van der Waals surface area contributed by atoms with Gasteiger partial charge in [-0.05, 0) is 38.7 Å². The third-order valence-corrected chi connectivity index (χ3v) is 3.95. The summed E-state index contributed by atoms with van der Waals surface area (Å²) in [5, 5.41) is 0. The van der Waals surface area contributed by atoms with Crippen LogP contribution in [-0.4, -0.2) is 42.2 Å². The zero-order valence-corrected chi connectivity index (χ0v) is 12.6. The summed E-state index contributed by atoms with van der Waals surface area (Å²) in [7, 11) is 1.73. The first-order valence-corrected chi connectivity index (χ1v) is 7.28. The minimum atomic E-state index is 0.0891. The molecule has 0 bridgehead atoms. The Morgan fingerprint density at radius 2 is 2.10 bits per heavy atom. The zero-order valence-electron chi connectivity index (χ0n) is 12.6. The van der Waals surface area contributed by atoms with Crippen LogP contribution in [0.15, 0.2) is 12.3 Å². The third-order valence-electron chi connectivity index (χ3n) is 3.95. The van der Waals surface area contributed by atoms with E-state index in [-0.39, 0.29) is 11.9 Å². The van der Waals surface area contributed by atoms with Crippen molar-refractivity contribution in [2.24, 2.45) is 5.92 Å². The number of ether oxygens (including phenoxy) is 1. The molecule has 5 heteroatoms. The molecule has 1 aromatic heterocycles. The van der Waals surface area contributed by atoms with E-state index in [0.717, 1.165) is 32.5 Å². The van der Waals surface area contributed by atoms with Gasteiger partial charge in [0, 0.05) is 39.0 Å². The average Bonchev–Trinajstić information content (AvgIpc) is 2.81. The van der Waals surface area contributed by atoms with Crippen molar-refractivity contribution in [3.8, 4) is 0 Å². The average molecular weight is 279 g/mol. The van der Waals surface area contributed by atoms with Crippen LogP contribution < -0.4 is 5.73 Å². The van der Waals surface area contributed by atoms with Gasteiger partial charge in [-0.2, -0.15) is 0 Å². The molecule has 1 fully saturated rings. The molecule has 1 aliphatic heterocycles. The van der Waals surface area contributed by atoms with Gasteiger partial charge in [-0.15, -0.1) is 0 Å². The molecule has 20 heavy (non-hydrogen) atoms. The summed E-state index contributed by atoms with van der Waals surface area (Å²) in [5.41, 5.74) is 7.18. The van der Waals surface area contributed by atoms with Gasteiger partial charge in [0.15, 0.2) is 0 Å². The number of methoxy groups -OCH3 is 1. The van der Waals surface area contributed by atoms with Crippen LogP contribution in [0.3, 0.4) is 0 Å². The van der Waals surface area contributed by atoms with Crippen LogP contribution in [0.2, 0.25) is 0 Å². The van der Waals surface area contributed by atoms with Gasteiger partial charge in [-0.1, -0.05) is 0 Å². The lowest BCUT2D eigenvalue weighted by Gasteiger charge is -2.32. The number of nitrogen functional groups attached to an aromatic ring is 1. The SMILES string of the molecule is COCC1CCN(C(=O)c2cc(N)cn2C(C)C)CC1. The molecule has 0 aromatic carbocycles. The Morgan fingerprint density at radius 1 is 1.45 bits per heavy atom. The molecule has 0 aliphatic carbocycles. The lowest BCUT2D eigenvalue weighted by molar-refractivity contribution is 0.0602. The smallest absolute Gasteiger partial charge is 0.270 e. The molecule has 0 unspecified atom stereocenters. The largest absolute Gasteiger partial charge is 0.397 e. The third kappa shape index (κ3) is 3.15. The second kappa shape index (κ2) is 6.31. The summed E-state index contributed by atoms with van der Waals surface area (Å²) in [4.78, 5) is 14.6. The number of carbonyl (C=O) groups is 1. The number of nitrogens with zero attached hydrogens (tertiary/aromatic N) is 2. The molecule has 1 aromatic rings. The summed E-state index contributed by atoms with van der Waals surface area (Å²) >= 11 is 0. The number of aromatic nitrogens is 1. The Morgan fingerprint density at radius 3 is 2.65 bits per heavy atom. The van der Waals surface area contributed by atoms with Gasteiger partial charge in [-0.3, -0.25) is 4.79 Å². The van der Waals surface area contributed by atoms with E-state index in [2.05, 4.69) is 13.8 Å². The van der Waals surface area contributed by atoms with Crippen molar-refractivity contribution in [1.82, 2.24) is 9.47 Å². The molecule has 0 saturated carbocycles. The van der Waals surface area contributed by atoms with E-state index >= 15 is 0 Å². The van der Waals surface area contributed by atoms with E-state index < -0.39 is 0 Å². The Labute approximate surface area is 120 Å². The lowest BCUT2D eigenvalue weighted by atomic mass is 9.97. The lowest BCUT2D eigenvalue weighted by Crippen LogP contribution is -2.40. The fourth-order valence-corrected chi connectivity index (χ4v) is 2.80. The first-order chi connectivity index (χ1) is 9.52. The molecule has 1 saturated heterocycles. The molecule has 2 N–H and O–H groups in total. The molecule has 112 valence electrons. The number of anilines is 1. The van der Waals surface area contributed by atoms with Crippen molar-refractivity contribution in [3.63, 3.8) is 0 Å². The van der Waals surface area contributed by atoms with Gasteiger partial charge in [0.2, 0.25) is 0 Å². The van der Waals surface area contributed by atoms with E-state index in [9.17, 15) is 4.79 Å². The first kappa shape index (κ1) is 14.9. The predicted octanol–water partition coefficient (Wildman–Crippen LogP) is 2.15. The molecule has 0 spiro atoms. The Bertz CT molecular complexity index is 460. The summed E-state index contributed by atoms with van der Waals surface area (Å²) in [6, 6.07) is 2.01. The van der Waals surface area contributed by atoms with Crippen LogP contribution in [0.25, 0.3) is 0 Å². The summed E-state index contributed by atoms with van der Waals surface area (Å²) < 4.78 is 7.15. The monoisotopic (exact) mass is 279 g/mol. The minimum Gasteiger partial charge on any atom is -0.397 e. The standard InChI is InChI=1S/C15H25N3O2/c1-11(2)18-9-13(16)8-14(18)15(19)17-6-4-12(5-7-17)10-20-3/h8-9,11-12H,4-7,10,16H2,1-3H3. The predicted molar refractivity (Wildman–Crippen MR) is 79.7 cm³/mol. The highest BCUT2D eigenvalue weighted by molar-refractivity contribution is 5.94. The highest BCUT2D eigenvalue weighted by Gasteiger charge is 2.26. The number of hydrogen-bond donors (Lipinski definition) is 1. The number of hydrogen-bond acceptors (Lipinski definition) is 3. The number of nitrogens with two attached hydrogens (primary N) is 1. The van der Waals surface area contributed by atoms with Gasteiger partial charge in [0.1, 0.15) is 5.69 Å². The highest BCUT2D eigenvalue weighted by Crippen LogP contribution is 2.22. The van der Waals surface area contributed by atoms with Gasteiger partial charge in [0.05, 0.1) is 5.69 Å². The highest BCUT2D eigenvalue weighted by atomic mass is 16.5. The van der Waals surface area contributed by atoms with E-state index in [0.29, 0.717) is 17.3 Å². The van der Waals surface area contributed by atoms with E-state index in [1.165, 1.54) is 0 Å². The van der Waals surface area contributed by atoms with Gasteiger partial charge in [-0.25, -0.2) is 0 Å². The van der Waals surface area contributed by atoms with Crippen molar-refractivity contribution in [2.75, 3.05) is 32.5 Å². The molecule has 1 aliphatic rings. The van der Waals surface area contributed by atoms with Crippen LogP contribution in [0.1, 0.15) is 43.2 Å². The maximum absolute atomic E-state index is 12.6. The quantitative estimate of drug-likeness (QED) is 0.918. The summed E-state index contributed by atoms with van der Waals surface area (Å²) in [6.45, 7) is 6.51. The van der Waals surface area contributed by atoms with Gasteiger partial charge < -0.3 is 19.9 Å². The molecule has 2 heterocycles. The van der Waals surface area contributed by atoms with Gasteiger partial charge in [0.25, 0.3) is 5.91 Å². The molecule has 0 radical (unpaired) electrons. The molecule has 0 atom stereocenters. The maximum atomic E-state index is 12.6. The second-order valence-electron chi connectivity index (χ2n) is 5.85. The topological polar surface area (TPSA) is 60.5 Å². The van der Waals surface area contributed by atoms with Crippen LogP contribution in [-0.2, 0) is 4.74 Å². The number of carbonyl (C=O) groups excluding carboxylic acids is 1. The normalized spacial score (nSPS) is 16.9. The number of rotatable bonds is 4. The van der Waals surface area contributed by atoms with Gasteiger partial charge >= 0.3 is 0 Å². The fraction of sp³-hybridized carbons (Fsp3) is 0.667. The summed E-state index contributed by atoms with van der Waals surface area (Å²) in [6.07, 6.45) is 3.87. The van der Waals surface area contributed by atoms with Crippen LogP contribution in [0.4, 0.5) is 5.69 Å². The van der Waals surface area contributed by atoms with Crippen LogP contribution in [0.5, 0.6) is 0 Å². The molecule has 2 rings (SSSR count). The zero-order chi connectivity index (χ0) is 14.7. The fourth-order valence-electron chi connectivity index (χ4n) is 2.80. The van der Waals surface area contributed by atoms with Crippen molar-refractivity contribution in [3.05, 3.63) is 18.0 Å². The van der Waals surface area contributed by atoms with E-state index in [1.807, 2.05) is 15.7 Å². The Balaban J connectivity index is 2.05. The van der Waals surface area contributed by atoms with Crippen LogP contribution in [0, 0.1) is 5.92 Å². The second-order valence-corrected chi connectivity index (χ2v) is 5.85. The molecular weight excluding hydrogens is 254 g/mol. The first-order valence-electron chi connectivity index (χ1n) is 7.28. The van der Waals surface area contributed by atoms with Crippen molar-refractivity contribution >= 4 is 11.6 Å².